The van der Waals surface area contributed by atoms with E-state index in [0.717, 1.165) is 42.2 Å². The van der Waals surface area contributed by atoms with Crippen LogP contribution in [0.3, 0.4) is 0 Å². The Hall–Kier alpha value is -3.10. The molecule has 4 rings (SSSR count). The average Bonchev–Trinajstić information content (AvgIpc) is 2.84. The Morgan fingerprint density at radius 1 is 1.15 bits per heavy atom. The van der Waals surface area contributed by atoms with Gasteiger partial charge in [0, 0.05) is 69.0 Å². The zero-order valence-electron chi connectivity index (χ0n) is 19.8. The normalized spacial score (nSPS) is 16.7. The van der Waals surface area contributed by atoms with E-state index in [4.69, 9.17) is 14.5 Å². The zero-order chi connectivity index (χ0) is 23.2. The van der Waals surface area contributed by atoms with E-state index < -0.39 is 0 Å². The minimum absolute atomic E-state index is 0.181. The Morgan fingerprint density at radius 2 is 1.94 bits per heavy atom. The third-order valence-corrected chi connectivity index (χ3v) is 5.47. The second-order valence-corrected chi connectivity index (χ2v) is 8.90. The van der Waals surface area contributed by atoms with E-state index in [1.54, 1.807) is 12.4 Å². The second-order valence-electron chi connectivity index (χ2n) is 8.90. The highest BCUT2D eigenvalue weighted by Crippen LogP contribution is 2.32. The molecule has 0 unspecified atom stereocenters. The van der Waals surface area contributed by atoms with Crippen molar-refractivity contribution in [2.75, 3.05) is 45.3 Å². The average molecular weight is 449 g/mol. The molecule has 0 saturated carbocycles. The fourth-order valence-corrected chi connectivity index (χ4v) is 3.79. The van der Waals surface area contributed by atoms with Crippen molar-refractivity contribution in [3.05, 3.63) is 60.4 Å². The van der Waals surface area contributed by atoms with Gasteiger partial charge in [0.25, 0.3) is 0 Å². The smallest absolute Gasteiger partial charge is 0.225 e. The molecule has 1 atom stereocenters. The van der Waals surface area contributed by atoms with Crippen LogP contribution >= 0.6 is 0 Å². The number of para-hydroxylation sites is 1. The summed E-state index contributed by atoms with van der Waals surface area (Å²) in [5.74, 6) is 2.09. The molecule has 174 valence electrons. The third-order valence-electron chi connectivity index (χ3n) is 5.47. The molecule has 3 aromatic rings. The van der Waals surface area contributed by atoms with Gasteiger partial charge in [0.1, 0.15) is 18.2 Å². The number of hydrogen-bond donors (Lipinski definition) is 0. The van der Waals surface area contributed by atoms with Crippen LogP contribution in [0.2, 0.25) is 0 Å². The lowest BCUT2D eigenvalue weighted by molar-refractivity contribution is -0.0349. The number of ether oxygens (including phenoxy) is 2. The molecule has 3 heterocycles. The van der Waals surface area contributed by atoms with Crippen LogP contribution in [0.1, 0.15) is 31.2 Å². The lowest BCUT2D eigenvalue weighted by Gasteiger charge is -2.34. The predicted molar refractivity (Wildman–Crippen MR) is 128 cm³/mol. The van der Waals surface area contributed by atoms with Gasteiger partial charge in [-0.3, -0.25) is 4.90 Å². The van der Waals surface area contributed by atoms with Crippen molar-refractivity contribution in [2.45, 2.75) is 26.5 Å². The molecule has 0 spiro atoms. The van der Waals surface area contributed by atoms with E-state index in [1.165, 1.54) is 11.9 Å². The van der Waals surface area contributed by atoms with Crippen molar-refractivity contribution in [3.8, 4) is 16.9 Å². The van der Waals surface area contributed by atoms with Gasteiger partial charge in [-0.1, -0.05) is 32.0 Å². The number of benzene rings is 1. The van der Waals surface area contributed by atoms with Crippen molar-refractivity contribution in [1.82, 2.24) is 24.8 Å². The summed E-state index contributed by atoms with van der Waals surface area (Å²) < 4.78 is 12.3. The molecule has 1 aromatic carbocycles. The van der Waals surface area contributed by atoms with Gasteiger partial charge in [-0.2, -0.15) is 0 Å². The number of aromatic nitrogens is 4. The molecule has 1 saturated heterocycles. The first kappa shape index (κ1) is 23.1. The summed E-state index contributed by atoms with van der Waals surface area (Å²) in [6, 6.07) is 8.29. The topological polar surface area (TPSA) is 76.5 Å². The van der Waals surface area contributed by atoms with Crippen molar-refractivity contribution in [2.24, 2.45) is 5.92 Å². The van der Waals surface area contributed by atoms with Crippen LogP contribution in [0, 0.1) is 5.92 Å². The van der Waals surface area contributed by atoms with E-state index in [2.05, 4.69) is 51.9 Å². The SMILES string of the molecule is CC(C)COc1ccccc1CN1CCO[C@H](c2nc(N(C)C)ncc2-c2cncnc2)C1. The fraction of sp³-hybridized carbons (Fsp3) is 0.440. The molecular formula is C25H32N6O2. The summed E-state index contributed by atoms with van der Waals surface area (Å²) in [6.07, 6.45) is 6.75. The number of rotatable bonds is 8. The number of hydrogen-bond acceptors (Lipinski definition) is 8. The van der Waals surface area contributed by atoms with Crippen molar-refractivity contribution < 1.29 is 9.47 Å². The summed E-state index contributed by atoms with van der Waals surface area (Å²) in [5.41, 5.74) is 3.82. The van der Waals surface area contributed by atoms with E-state index in [1.807, 2.05) is 31.3 Å². The molecule has 2 aromatic heterocycles. The zero-order valence-corrected chi connectivity index (χ0v) is 19.8. The maximum Gasteiger partial charge on any atom is 0.225 e. The number of anilines is 1. The molecule has 33 heavy (non-hydrogen) atoms. The van der Waals surface area contributed by atoms with Crippen LogP contribution in [0.4, 0.5) is 5.95 Å². The highest BCUT2D eigenvalue weighted by Gasteiger charge is 2.27. The van der Waals surface area contributed by atoms with Crippen LogP contribution in [0.15, 0.2) is 49.2 Å². The lowest BCUT2D eigenvalue weighted by Crippen LogP contribution is -2.38. The van der Waals surface area contributed by atoms with E-state index in [0.29, 0.717) is 25.1 Å². The van der Waals surface area contributed by atoms with Gasteiger partial charge in [-0.15, -0.1) is 0 Å². The molecule has 0 aliphatic carbocycles. The molecule has 1 fully saturated rings. The van der Waals surface area contributed by atoms with Crippen molar-refractivity contribution in [3.63, 3.8) is 0 Å². The summed E-state index contributed by atoms with van der Waals surface area (Å²) in [6.45, 7) is 8.03. The summed E-state index contributed by atoms with van der Waals surface area (Å²) in [7, 11) is 3.87. The van der Waals surface area contributed by atoms with Gasteiger partial charge in [0.2, 0.25) is 5.95 Å². The molecule has 0 amide bonds. The first-order valence-electron chi connectivity index (χ1n) is 11.4. The molecule has 8 heteroatoms. The maximum atomic E-state index is 6.22. The van der Waals surface area contributed by atoms with E-state index in [-0.39, 0.29) is 6.10 Å². The predicted octanol–water partition coefficient (Wildman–Crippen LogP) is 3.61. The molecular weight excluding hydrogens is 416 g/mol. The lowest BCUT2D eigenvalue weighted by atomic mass is 10.0. The first-order chi connectivity index (χ1) is 16.0. The monoisotopic (exact) mass is 448 g/mol. The number of nitrogens with zero attached hydrogens (tertiary/aromatic N) is 6. The summed E-state index contributed by atoms with van der Waals surface area (Å²) >= 11 is 0. The van der Waals surface area contributed by atoms with Crippen LogP contribution in [-0.2, 0) is 11.3 Å². The van der Waals surface area contributed by atoms with E-state index in [9.17, 15) is 0 Å². The summed E-state index contributed by atoms with van der Waals surface area (Å²) in [5, 5.41) is 0. The van der Waals surface area contributed by atoms with Gasteiger partial charge in [0.05, 0.1) is 18.9 Å². The maximum absolute atomic E-state index is 6.22. The van der Waals surface area contributed by atoms with Gasteiger partial charge in [-0.25, -0.2) is 19.9 Å². The quantitative estimate of drug-likeness (QED) is 0.517. The molecule has 1 aliphatic heterocycles. The van der Waals surface area contributed by atoms with Crippen LogP contribution in [-0.4, -0.2) is 65.2 Å². The minimum atomic E-state index is -0.181. The fourth-order valence-electron chi connectivity index (χ4n) is 3.79. The Bertz CT molecular complexity index is 1040. The molecule has 0 radical (unpaired) electrons. The largest absolute Gasteiger partial charge is 0.493 e. The first-order valence-corrected chi connectivity index (χ1v) is 11.4. The Balaban J connectivity index is 1.57. The van der Waals surface area contributed by atoms with Gasteiger partial charge < -0.3 is 14.4 Å². The standard InChI is InChI=1S/C25H32N6O2/c1-18(2)16-33-22-8-6-5-7-19(22)14-31-9-10-32-23(15-31)24-21(20-11-26-17-27-12-20)13-28-25(29-24)30(3)4/h5-8,11-13,17-18,23H,9-10,14-16H2,1-4H3/t23-/m0/s1. The second kappa shape index (κ2) is 10.7. The third kappa shape index (κ3) is 5.83. The highest BCUT2D eigenvalue weighted by molar-refractivity contribution is 5.64. The Labute approximate surface area is 195 Å². The number of morpholine rings is 1. The van der Waals surface area contributed by atoms with Gasteiger partial charge in [0.15, 0.2) is 0 Å². The molecule has 1 aliphatic rings. The highest BCUT2D eigenvalue weighted by atomic mass is 16.5. The molecule has 0 N–H and O–H groups in total. The summed E-state index contributed by atoms with van der Waals surface area (Å²) in [4.78, 5) is 22.0. The van der Waals surface area contributed by atoms with Crippen LogP contribution in [0.25, 0.3) is 11.1 Å². The van der Waals surface area contributed by atoms with Crippen molar-refractivity contribution in [1.29, 1.82) is 0 Å². The van der Waals surface area contributed by atoms with Crippen LogP contribution < -0.4 is 9.64 Å². The van der Waals surface area contributed by atoms with Gasteiger partial charge >= 0.3 is 0 Å². The Kier molecular flexibility index (Phi) is 7.47. The van der Waals surface area contributed by atoms with E-state index >= 15 is 0 Å². The Morgan fingerprint density at radius 3 is 2.70 bits per heavy atom. The van der Waals surface area contributed by atoms with Crippen molar-refractivity contribution >= 4 is 5.95 Å². The molecule has 0 bridgehead atoms. The van der Waals surface area contributed by atoms with Crippen LogP contribution in [0.5, 0.6) is 5.75 Å². The minimum Gasteiger partial charge on any atom is -0.493 e. The van der Waals surface area contributed by atoms with Gasteiger partial charge in [-0.05, 0) is 12.0 Å². The molecule has 8 nitrogen and oxygen atoms in total.